The number of esters is 2. The molecule has 2 atom stereocenters. The first-order chi connectivity index (χ1) is 27.1. The highest BCUT2D eigenvalue weighted by atomic mass is 16.6. The fraction of sp³-hybridized carbons (Fsp3) is 0.812. The summed E-state index contributed by atoms with van der Waals surface area (Å²) in [5, 5.41) is 9.62. The van der Waals surface area contributed by atoms with Gasteiger partial charge in [0.05, 0.1) is 34.4 Å². The number of carbonyl (C=O) groups excluding carboxylic acids is 2. The largest absolute Gasteiger partial charge is 0.477 e. The Labute approximate surface area is 344 Å². The molecule has 0 amide bonds. The van der Waals surface area contributed by atoms with Gasteiger partial charge in [0.15, 0.2) is 12.1 Å². The summed E-state index contributed by atoms with van der Waals surface area (Å²) in [6, 6.07) is -0.615. The summed E-state index contributed by atoms with van der Waals surface area (Å²) < 4.78 is 17.3. The molecule has 0 radical (unpaired) electrons. The van der Waals surface area contributed by atoms with Crippen LogP contribution in [0.15, 0.2) is 36.5 Å². The number of rotatable bonds is 41. The molecule has 8 heteroatoms. The molecule has 326 valence electrons. The minimum absolute atomic E-state index is 0.0556. The monoisotopic (exact) mass is 791 g/mol. The molecule has 56 heavy (non-hydrogen) atoms. The predicted molar refractivity (Wildman–Crippen MR) is 234 cm³/mol. The molecule has 0 saturated carbocycles. The number of nitrogens with zero attached hydrogens (tertiary/aromatic N) is 1. The van der Waals surface area contributed by atoms with Crippen LogP contribution in [0, 0.1) is 0 Å². The number of likely N-dealkylation sites (N-methyl/N-ethyl adjacent to an activating group) is 1. The zero-order chi connectivity index (χ0) is 41.4. The van der Waals surface area contributed by atoms with E-state index in [0.29, 0.717) is 19.3 Å². The zero-order valence-electron chi connectivity index (χ0n) is 37.1. The molecule has 0 spiro atoms. The number of hydrogen-bond acceptors (Lipinski definition) is 6. The Morgan fingerprint density at radius 3 is 1.43 bits per heavy atom. The lowest BCUT2D eigenvalue weighted by Gasteiger charge is -2.31. The van der Waals surface area contributed by atoms with Crippen LogP contribution < -0.4 is 0 Å². The van der Waals surface area contributed by atoms with Crippen LogP contribution in [0.1, 0.15) is 200 Å². The van der Waals surface area contributed by atoms with Crippen LogP contribution in [0.5, 0.6) is 0 Å². The van der Waals surface area contributed by atoms with E-state index in [1.54, 1.807) is 0 Å². The van der Waals surface area contributed by atoms with E-state index in [4.69, 9.17) is 14.2 Å². The zero-order valence-corrected chi connectivity index (χ0v) is 37.1. The maximum atomic E-state index is 12.7. The molecule has 0 saturated heterocycles. The standard InChI is InChI=1S/C48H87NO7/c1-6-8-10-12-14-16-18-20-22-23-25-26-28-30-32-34-36-38-46(50)55-43-44(42-54-41-40-45(48(52)53)49(3,4)5)56-47(51)39-37-35-33-31-29-27-24-21-19-17-15-13-11-9-7-2/h14,16-17,19-20,22,44-45H,6-13,15,18,21,23-43H2,1-5H3/p+1/b16-14+,19-17+,22-20+. The predicted octanol–water partition coefficient (Wildman–Crippen LogP) is 12.6. The third kappa shape index (κ3) is 37.1. The lowest BCUT2D eigenvalue weighted by molar-refractivity contribution is -0.887. The van der Waals surface area contributed by atoms with Gasteiger partial charge in [-0.25, -0.2) is 4.79 Å². The van der Waals surface area contributed by atoms with Crippen molar-refractivity contribution in [2.45, 2.75) is 212 Å². The number of hydrogen-bond donors (Lipinski definition) is 1. The minimum atomic E-state index is -0.876. The fourth-order valence-corrected chi connectivity index (χ4v) is 6.65. The van der Waals surface area contributed by atoms with Gasteiger partial charge in [0, 0.05) is 19.3 Å². The van der Waals surface area contributed by atoms with Gasteiger partial charge in [0.25, 0.3) is 0 Å². The quantitative estimate of drug-likeness (QED) is 0.0285. The minimum Gasteiger partial charge on any atom is -0.477 e. The maximum Gasteiger partial charge on any atom is 0.362 e. The van der Waals surface area contributed by atoms with E-state index >= 15 is 0 Å². The molecule has 0 rings (SSSR count). The van der Waals surface area contributed by atoms with Gasteiger partial charge in [-0.3, -0.25) is 9.59 Å². The number of allylic oxidation sites excluding steroid dienone is 6. The number of carboxylic acids is 1. The Morgan fingerprint density at radius 1 is 0.536 bits per heavy atom. The fourth-order valence-electron chi connectivity index (χ4n) is 6.65. The molecule has 8 nitrogen and oxygen atoms in total. The summed E-state index contributed by atoms with van der Waals surface area (Å²) in [6.07, 6.45) is 44.6. The molecule has 0 aromatic rings. The molecule has 0 heterocycles. The summed E-state index contributed by atoms with van der Waals surface area (Å²) in [5.41, 5.74) is 0. The molecule has 0 aliphatic heterocycles. The summed E-state index contributed by atoms with van der Waals surface area (Å²) in [5.74, 6) is -1.48. The van der Waals surface area contributed by atoms with Crippen molar-refractivity contribution in [1.82, 2.24) is 0 Å². The van der Waals surface area contributed by atoms with Crippen LogP contribution in [0.2, 0.25) is 0 Å². The van der Waals surface area contributed by atoms with Crippen LogP contribution in [-0.4, -0.2) is 80.6 Å². The Hall–Kier alpha value is -2.45. The molecule has 0 bridgehead atoms. The Bertz CT molecular complexity index is 1020. The second kappa shape index (κ2) is 39.4. The highest BCUT2D eigenvalue weighted by Gasteiger charge is 2.31. The van der Waals surface area contributed by atoms with Crippen molar-refractivity contribution in [1.29, 1.82) is 0 Å². The SMILES string of the molecule is CCCCC/C=C/C/C=C/CCCCCCCCCC(=O)OCC(COCCC(C(=O)O)[N+](C)(C)C)OC(=O)CCCCCCCCC/C=C/CCCCCC. The highest BCUT2D eigenvalue weighted by molar-refractivity contribution is 5.72. The molecule has 0 aliphatic carbocycles. The van der Waals surface area contributed by atoms with E-state index in [-0.39, 0.29) is 36.2 Å². The molecule has 0 fully saturated rings. The van der Waals surface area contributed by atoms with Crippen LogP contribution in [0.3, 0.4) is 0 Å². The molecule has 1 N–H and O–H groups in total. The van der Waals surface area contributed by atoms with E-state index in [1.807, 2.05) is 21.1 Å². The van der Waals surface area contributed by atoms with Gasteiger partial charge >= 0.3 is 17.9 Å². The van der Waals surface area contributed by atoms with Gasteiger partial charge < -0.3 is 23.8 Å². The Morgan fingerprint density at radius 2 is 0.946 bits per heavy atom. The van der Waals surface area contributed by atoms with Gasteiger partial charge in [0.1, 0.15) is 6.61 Å². The third-order valence-corrected chi connectivity index (χ3v) is 10.3. The topological polar surface area (TPSA) is 99.1 Å². The average Bonchev–Trinajstić information content (AvgIpc) is 3.15. The molecular formula is C48H88NO7+. The third-order valence-electron chi connectivity index (χ3n) is 10.3. The number of unbranched alkanes of at least 4 members (excludes halogenated alkanes) is 21. The molecule has 0 aliphatic rings. The van der Waals surface area contributed by atoms with Crippen LogP contribution in [-0.2, 0) is 28.6 Å². The van der Waals surface area contributed by atoms with E-state index < -0.39 is 18.1 Å². The second-order valence-corrected chi connectivity index (χ2v) is 16.7. The van der Waals surface area contributed by atoms with Crippen LogP contribution in [0.4, 0.5) is 0 Å². The van der Waals surface area contributed by atoms with Gasteiger partial charge in [-0.2, -0.15) is 0 Å². The summed E-state index contributed by atoms with van der Waals surface area (Å²) in [6.45, 7) is 4.70. The van der Waals surface area contributed by atoms with Crippen molar-refractivity contribution >= 4 is 17.9 Å². The maximum absolute atomic E-state index is 12.7. The first-order valence-electron chi connectivity index (χ1n) is 23.0. The van der Waals surface area contributed by atoms with Crippen LogP contribution in [0.25, 0.3) is 0 Å². The number of carbonyl (C=O) groups is 3. The number of ether oxygens (including phenoxy) is 3. The molecule has 0 aromatic carbocycles. The van der Waals surface area contributed by atoms with E-state index in [0.717, 1.165) is 51.4 Å². The van der Waals surface area contributed by atoms with Gasteiger partial charge in [-0.15, -0.1) is 0 Å². The van der Waals surface area contributed by atoms with E-state index in [1.165, 1.54) is 116 Å². The van der Waals surface area contributed by atoms with Crippen molar-refractivity contribution in [3.8, 4) is 0 Å². The van der Waals surface area contributed by atoms with Crippen molar-refractivity contribution < 1.29 is 38.2 Å². The lowest BCUT2D eigenvalue weighted by Crippen LogP contribution is -2.50. The lowest BCUT2D eigenvalue weighted by atomic mass is 10.1. The number of quaternary nitrogens is 1. The van der Waals surface area contributed by atoms with E-state index in [2.05, 4.69) is 50.3 Å². The van der Waals surface area contributed by atoms with Gasteiger partial charge in [0.2, 0.25) is 0 Å². The van der Waals surface area contributed by atoms with Crippen molar-refractivity contribution in [3.63, 3.8) is 0 Å². The Kier molecular flexibility index (Phi) is 37.7. The first-order valence-corrected chi connectivity index (χ1v) is 23.0. The van der Waals surface area contributed by atoms with Crippen LogP contribution >= 0.6 is 0 Å². The summed E-state index contributed by atoms with van der Waals surface area (Å²) in [7, 11) is 5.53. The molecule has 2 unspecified atom stereocenters. The molecular weight excluding hydrogens is 703 g/mol. The summed E-state index contributed by atoms with van der Waals surface area (Å²) in [4.78, 5) is 37.0. The van der Waals surface area contributed by atoms with E-state index in [9.17, 15) is 19.5 Å². The van der Waals surface area contributed by atoms with Gasteiger partial charge in [-0.05, 0) is 70.6 Å². The van der Waals surface area contributed by atoms with Crippen molar-refractivity contribution in [3.05, 3.63) is 36.5 Å². The normalized spacial score (nSPS) is 13.2. The highest BCUT2D eigenvalue weighted by Crippen LogP contribution is 2.14. The van der Waals surface area contributed by atoms with Crippen molar-refractivity contribution in [2.75, 3.05) is 41.0 Å². The number of carboxylic acid groups (broad SMARTS) is 1. The summed E-state index contributed by atoms with van der Waals surface area (Å²) >= 11 is 0. The number of aliphatic carboxylic acids is 1. The second-order valence-electron chi connectivity index (χ2n) is 16.7. The Balaban J connectivity index is 4.33. The smallest absolute Gasteiger partial charge is 0.362 e. The van der Waals surface area contributed by atoms with Gasteiger partial charge in [-0.1, -0.05) is 147 Å². The first kappa shape index (κ1) is 53.6. The van der Waals surface area contributed by atoms with Crippen molar-refractivity contribution in [2.24, 2.45) is 0 Å². The molecule has 0 aromatic heterocycles. The average molecular weight is 791 g/mol.